The van der Waals surface area contributed by atoms with E-state index in [1.54, 1.807) is 44.3 Å². The first-order chi connectivity index (χ1) is 14.5. The van der Waals surface area contributed by atoms with Gasteiger partial charge in [0.2, 0.25) is 0 Å². The zero-order valence-electron chi connectivity index (χ0n) is 17.9. The van der Waals surface area contributed by atoms with Crippen LogP contribution in [0.15, 0.2) is 36.5 Å². The molecule has 2 unspecified atom stereocenters. The Morgan fingerprint density at radius 1 is 1.29 bits per heavy atom. The Bertz CT molecular complexity index is 1120. The molecule has 4 rings (SSSR count). The number of aryl methyl sites for hydroxylation is 1. The standard InChI is InChI=1S/C23H26F3N3O2/c1-5-13-9-14-19(18(10-13)31-4)21(2,3)12-22(30,23(24,25)26)20(14)28-16-7-6-8-17-15(16)11-27-29-17/h6-11,20,28,30H,5,12H2,1-4H3,(H,27,29). The average Bonchev–Trinajstić information content (AvgIpc) is 3.18. The summed E-state index contributed by atoms with van der Waals surface area (Å²) in [6.07, 6.45) is -3.17. The fraction of sp³-hybridized carbons (Fsp3) is 0.435. The molecule has 0 bridgehead atoms. The highest BCUT2D eigenvalue weighted by Crippen LogP contribution is 2.56. The molecular weight excluding hydrogens is 407 g/mol. The molecule has 166 valence electrons. The largest absolute Gasteiger partial charge is 0.496 e. The molecule has 0 fully saturated rings. The summed E-state index contributed by atoms with van der Waals surface area (Å²) >= 11 is 0. The van der Waals surface area contributed by atoms with Crippen LogP contribution in [0.2, 0.25) is 0 Å². The number of rotatable bonds is 4. The zero-order valence-corrected chi connectivity index (χ0v) is 17.9. The van der Waals surface area contributed by atoms with Crippen molar-refractivity contribution in [3.63, 3.8) is 0 Å². The highest BCUT2D eigenvalue weighted by Gasteiger charge is 2.64. The second-order valence-corrected chi connectivity index (χ2v) is 8.81. The van der Waals surface area contributed by atoms with Crippen LogP contribution in [0.4, 0.5) is 18.9 Å². The lowest BCUT2D eigenvalue weighted by molar-refractivity contribution is -0.275. The van der Waals surface area contributed by atoms with E-state index in [1.165, 1.54) is 7.11 Å². The number of benzene rings is 2. The SMILES string of the molecule is CCc1cc(OC)c2c(c1)C(Nc1cccc3[nH]ncc13)C(O)(C(F)(F)F)CC2(C)C. The van der Waals surface area contributed by atoms with E-state index >= 15 is 0 Å². The smallest absolute Gasteiger partial charge is 0.419 e. The minimum atomic E-state index is -4.85. The molecule has 1 heterocycles. The number of anilines is 1. The number of hydrogen-bond donors (Lipinski definition) is 3. The summed E-state index contributed by atoms with van der Waals surface area (Å²) in [5.74, 6) is 0.539. The number of aromatic amines is 1. The average molecular weight is 433 g/mol. The number of H-pyrrole nitrogens is 1. The molecule has 8 heteroatoms. The van der Waals surface area contributed by atoms with Gasteiger partial charge >= 0.3 is 6.18 Å². The lowest BCUT2D eigenvalue weighted by atomic mass is 9.63. The first-order valence-electron chi connectivity index (χ1n) is 10.2. The van der Waals surface area contributed by atoms with Gasteiger partial charge in [0.25, 0.3) is 0 Å². The fourth-order valence-corrected chi connectivity index (χ4v) is 4.85. The monoisotopic (exact) mass is 433 g/mol. The Morgan fingerprint density at radius 3 is 2.68 bits per heavy atom. The minimum Gasteiger partial charge on any atom is -0.496 e. The zero-order chi connectivity index (χ0) is 22.6. The number of methoxy groups -OCH3 is 1. The molecular formula is C23H26F3N3O2. The summed E-state index contributed by atoms with van der Waals surface area (Å²) in [5.41, 5.74) is -0.872. The number of ether oxygens (including phenoxy) is 1. The van der Waals surface area contributed by atoms with Gasteiger partial charge in [-0.1, -0.05) is 32.9 Å². The van der Waals surface area contributed by atoms with E-state index in [4.69, 9.17) is 4.74 Å². The Morgan fingerprint density at radius 2 is 2.03 bits per heavy atom. The van der Waals surface area contributed by atoms with Crippen molar-refractivity contribution >= 4 is 16.6 Å². The van der Waals surface area contributed by atoms with Crippen molar-refractivity contribution in [2.45, 2.75) is 56.8 Å². The van der Waals surface area contributed by atoms with Crippen molar-refractivity contribution in [3.05, 3.63) is 53.2 Å². The summed E-state index contributed by atoms with van der Waals surface area (Å²) in [4.78, 5) is 0. The van der Waals surface area contributed by atoms with E-state index in [1.807, 2.05) is 13.0 Å². The van der Waals surface area contributed by atoms with Crippen molar-refractivity contribution < 1.29 is 23.0 Å². The van der Waals surface area contributed by atoms with Crippen LogP contribution >= 0.6 is 0 Å². The van der Waals surface area contributed by atoms with Gasteiger partial charge in [-0.15, -0.1) is 0 Å². The molecule has 0 radical (unpaired) electrons. The Balaban J connectivity index is 1.98. The van der Waals surface area contributed by atoms with Gasteiger partial charge in [-0.3, -0.25) is 5.10 Å². The van der Waals surface area contributed by atoms with Gasteiger partial charge in [0.1, 0.15) is 5.75 Å². The molecule has 1 aliphatic rings. The number of aromatic nitrogens is 2. The third-order valence-corrected chi connectivity index (χ3v) is 6.27. The fourth-order valence-electron chi connectivity index (χ4n) is 4.85. The molecule has 0 saturated heterocycles. The predicted octanol–water partition coefficient (Wildman–Crippen LogP) is 5.26. The quantitative estimate of drug-likeness (QED) is 0.525. The van der Waals surface area contributed by atoms with Crippen molar-refractivity contribution in [1.29, 1.82) is 0 Å². The van der Waals surface area contributed by atoms with Crippen LogP contribution in [-0.2, 0) is 11.8 Å². The predicted molar refractivity (Wildman–Crippen MR) is 113 cm³/mol. The Kier molecular flexibility index (Phi) is 4.96. The maximum absolute atomic E-state index is 14.4. The highest BCUT2D eigenvalue weighted by molar-refractivity contribution is 5.91. The van der Waals surface area contributed by atoms with Crippen molar-refractivity contribution in [2.75, 3.05) is 12.4 Å². The second kappa shape index (κ2) is 7.15. The van der Waals surface area contributed by atoms with E-state index in [9.17, 15) is 18.3 Å². The summed E-state index contributed by atoms with van der Waals surface area (Å²) in [7, 11) is 1.52. The summed E-state index contributed by atoms with van der Waals surface area (Å²) in [6.45, 7) is 5.35. The van der Waals surface area contributed by atoms with Crippen LogP contribution in [0.5, 0.6) is 5.75 Å². The molecule has 2 atom stereocenters. The first kappa shape index (κ1) is 21.5. The van der Waals surface area contributed by atoms with Gasteiger partial charge in [-0.05, 0) is 47.6 Å². The molecule has 0 aliphatic heterocycles. The Hall–Kier alpha value is -2.74. The van der Waals surface area contributed by atoms with Gasteiger partial charge in [-0.25, -0.2) is 0 Å². The molecule has 5 nitrogen and oxygen atoms in total. The third-order valence-electron chi connectivity index (χ3n) is 6.27. The van der Waals surface area contributed by atoms with Crippen LogP contribution < -0.4 is 10.1 Å². The molecule has 0 spiro atoms. The molecule has 0 amide bonds. The highest BCUT2D eigenvalue weighted by atomic mass is 19.4. The maximum Gasteiger partial charge on any atom is 0.419 e. The van der Waals surface area contributed by atoms with Crippen LogP contribution in [0, 0.1) is 0 Å². The number of halogens is 3. The summed E-state index contributed by atoms with van der Waals surface area (Å²) in [5, 5.41) is 21.7. The number of fused-ring (bicyclic) bond motifs is 2. The third kappa shape index (κ3) is 3.33. The van der Waals surface area contributed by atoms with E-state index in [0.29, 0.717) is 39.9 Å². The maximum atomic E-state index is 14.4. The Labute approximate surface area is 178 Å². The number of nitrogens with one attached hydrogen (secondary N) is 2. The number of nitrogens with zero attached hydrogens (tertiary/aromatic N) is 1. The first-order valence-corrected chi connectivity index (χ1v) is 10.2. The van der Waals surface area contributed by atoms with Gasteiger partial charge < -0.3 is 15.2 Å². The number of aliphatic hydroxyl groups is 1. The van der Waals surface area contributed by atoms with Gasteiger partial charge in [0.05, 0.1) is 24.9 Å². The van der Waals surface area contributed by atoms with Crippen LogP contribution in [-0.4, -0.2) is 34.2 Å². The van der Waals surface area contributed by atoms with Crippen molar-refractivity contribution in [3.8, 4) is 5.75 Å². The second-order valence-electron chi connectivity index (χ2n) is 8.81. The molecule has 1 aliphatic carbocycles. The van der Waals surface area contributed by atoms with Crippen LogP contribution in [0.25, 0.3) is 10.9 Å². The lowest BCUT2D eigenvalue weighted by Crippen LogP contribution is -2.58. The van der Waals surface area contributed by atoms with Crippen LogP contribution in [0.1, 0.15) is 49.9 Å². The molecule has 31 heavy (non-hydrogen) atoms. The van der Waals surface area contributed by atoms with E-state index in [0.717, 1.165) is 5.56 Å². The van der Waals surface area contributed by atoms with E-state index in [2.05, 4.69) is 15.5 Å². The lowest BCUT2D eigenvalue weighted by Gasteiger charge is -2.49. The van der Waals surface area contributed by atoms with Gasteiger partial charge in [0.15, 0.2) is 5.60 Å². The normalized spacial score (nSPS) is 22.9. The number of hydrogen-bond acceptors (Lipinski definition) is 4. The molecule has 0 saturated carbocycles. The summed E-state index contributed by atoms with van der Waals surface area (Å²) < 4.78 is 48.8. The number of alkyl halides is 3. The molecule has 2 aromatic carbocycles. The van der Waals surface area contributed by atoms with Gasteiger partial charge in [0, 0.05) is 16.6 Å². The molecule has 3 N–H and O–H groups in total. The van der Waals surface area contributed by atoms with Crippen molar-refractivity contribution in [1.82, 2.24) is 10.2 Å². The topological polar surface area (TPSA) is 70.2 Å². The molecule has 1 aromatic heterocycles. The summed E-state index contributed by atoms with van der Waals surface area (Å²) in [6, 6.07) is 7.41. The minimum absolute atomic E-state index is 0.396. The van der Waals surface area contributed by atoms with Crippen LogP contribution in [0.3, 0.4) is 0 Å². The van der Waals surface area contributed by atoms with E-state index in [-0.39, 0.29) is 0 Å². The van der Waals surface area contributed by atoms with E-state index < -0.39 is 29.7 Å². The molecule has 3 aromatic rings. The van der Waals surface area contributed by atoms with Crippen molar-refractivity contribution in [2.24, 2.45) is 0 Å². The van der Waals surface area contributed by atoms with Gasteiger partial charge in [-0.2, -0.15) is 18.3 Å².